The van der Waals surface area contributed by atoms with Crippen LogP contribution in [-0.2, 0) is 0 Å². The van der Waals surface area contributed by atoms with Gasteiger partial charge >= 0.3 is 0 Å². The van der Waals surface area contributed by atoms with E-state index in [1.165, 1.54) is 0 Å². The lowest BCUT2D eigenvalue weighted by Gasteiger charge is -2.39. The van der Waals surface area contributed by atoms with E-state index in [-0.39, 0.29) is 5.54 Å². The van der Waals surface area contributed by atoms with Gasteiger partial charge in [-0.1, -0.05) is 0 Å². The van der Waals surface area contributed by atoms with Gasteiger partial charge in [0.1, 0.15) is 5.54 Å². The van der Waals surface area contributed by atoms with Crippen LogP contribution in [0, 0.1) is 0 Å². The van der Waals surface area contributed by atoms with Crippen LogP contribution in [0.5, 0.6) is 0 Å². The van der Waals surface area contributed by atoms with Gasteiger partial charge in [0.25, 0.3) is 0 Å². The third-order valence-corrected chi connectivity index (χ3v) is 2.80. The number of alkyl halides is 1. The quantitative estimate of drug-likeness (QED) is 0.416. The predicted octanol–water partition coefficient (Wildman–Crippen LogP) is 1.71. The molecule has 0 fully saturated rings. The van der Waals surface area contributed by atoms with Crippen molar-refractivity contribution >= 4 is 11.6 Å². The average Bonchev–Trinajstić information content (AvgIpc) is 1.64. The number of hydrogen-bond acceptors (Lipinski definition) is 0. The fourth-order valence-corrected chi connectivity index (χ4v) is 0.538. The minimum absolute atomic E-state index is 0.182. The van der Waals surface area contributed by atoms with Crippen molar-refractivity contribution in [3.63, 3.8) is 0 Å². The minimum Gasteiger partial charge on any atom is -0.326 e. The molecule has 0 saturated carbocycles. The Morgan fingerprint density at radius 3 is 1.56 bits per heavy atom. The van der Waals surface area contributed by atoms with Gasteiger partial charge in [-0.2, -0.15) is 0 Å². The molecule has 0 aromatic rings. The van der Waals surface area contributed by atoms with E-state index < -0.39 is 0 Å². The molecule has 2 heteroatoms. The van der Waals surface area contributed by atoms with Crippen molar-refractivity contribution in [2.45, 2.75) is 19.4 Å². The van der Waals surface area contributed by atoms with Gasteiger partial charge in [-0.3, -0.25) is 0 Å². The lowest BCUT2D eigenvalue weighted by Crippen LogP contribution is -2.54. The Hall–Kier alpha value is 0.250. The maximum atomic E-state index is 5.76. The first-order chi connectivity index (χ1) is 3.81. The van der Waals surface area contributed by atoms with Crippen LogP contribution in [0.3, 0.4) is 0 Å². The summed E-state index contributed by atoms with van der Waals surface area (Å²) in [4.78, 5) is 0. The van der Waals surface area contributed by atoms with Crippen LogP contribution in [-0.4, -0.2) is 37.0 Å². The Morgan fingerprint density at radius 1 is 1.22 bits per heavy atom. The fourth-order valence-electron chi connectivity index (χ4n) is 0.179. The molecule has 0 amide bonds. The Bertz CT molecular complexity index is 91.6. The van der Waals surface area contributed by atoms with Gasteiger partial charge in [-0.25, -0.2) is 0 Å². The smallest absolute Gasteiger partial charge is 0.107 e. The van der Waals surface area contributed by atoms with E-state index in [0.717, 1.165) is 4.48 Å². The highest BCUT2D eigenvalue weighted by Crippen LogP contribution is 2.18. The van der Waals surface area contributed by atoms with Crippen LogP contribution >= 0.6 is 11.6 Å². The fraction of sp³-hybridized carbons (Fsp3) is 1.00. The third-order valence-electron chi connectivity index (χ3n) is 2.14. The van der Waals surface area contributed by atoms with Crippen molar-refractivity contribution in [1.29, 1.82) is 0 Å². The second-order valence-corrected chi connectivity index (χ2v) is 4.23. The van der Waals surface area contributed by atoms with E-state index in [0.29, 0.717) is 5.88 Å². The lowest BCUT2D eigenvalue weighted by molar-refractivity contribution is -0.916. The maximum Gasteiger partial charge on any atom is 0.107 e. The molecule has 56 valence electrons. The summed E-state index contributed by atoms with van der Waals surface area (Å²) in [7, 11) is 6.47. The summed E-state index contributed by atoms with van der Waals surface area (Å²) in [5.74, 6) is 0.705. The molecule has 0 saturated heterocycles. The summed E-state index contributed by atoms with van der Waals surface area (Å²) >= 11 is 5.76. The molecule has 0 aliphatic carbocycles. The lowest BCUT2D eigenvalue weighted by atomic mass is 10.1. The molecule has 9 heavy (non-hydrogen) atoms. The Labute approximate surface area is 63.2 Å². The van der Waals surface area contributed by atoms with Crippen LogP contribution in [0.1, 0.15) is 13.8 Å². The Morgan fingerprint density at radius 2 is 1.56 bits per heavy atom. The van der Waals surface area contributed by atoms with Crippen LogP contribution in [0.25, 0.3) is 0 Å². The molecule has 0 aromatic heterocycles. The number of halogens is 1. The molecular weight excluding hydrogens is 134 g/mol. The summed E-state index contributed by atoms with van der Waals surface area (Å²) in [5.41, 5.74) is 0.182. The summed E-state index contributed by atoms with van der Waals surface area (Å²) in [6.07, 6.45) is 0. The molecule has 0 atom stereocenters. The zero-order valence-corrected chi connectivity index (χ0v) is 7.79. The topological polar surface area (TPSA) is 0 Å². The molecule has 0 aliphatic heterocycles. The zero-order chi connectivity index (χ0) is 7.71. The minimum atomic E-state index is 0.182. The molecule has 0 N–H and O–H groups in total. The van der Waals surface area contributed by atoms with Crippen molar-refractivity contribution in [3.8, 4) is 0 Å². The van der Waals surface area contributed by atoms with E-state index >= 15 is 0 Å². The van der Waals surface area contributed by atoms with Gasteiger partial charge in [-0.05, 0) is 13.8 Å². The van der Waals surface area contributed by atoms with Gasteiger partial charge in [0.05, 0.1) is 27.0 Å². The van der Waals surface area contributed by atoms with Crippen molar-refractivity contribution in [2.24, 2.45) is 0 Å². The average molecular weight is 151 g/mol. The van der Waals surface area contributed by atoms with Gasteiger partial charge in [0.2, 0.25) is 0 Å². The normalized spacial score (nSPS) is 14.0. The van der Waals surface area contributed by atoms with Crippen LogP contribution in [0.15, 0.2) is 0 Å². The molecule has 0 aliphatic rings. The SMILES string of the molecule is CC(C)(CCl)[N+](C)(C)C. The first-order valence-corrected chi connectivity index (χ1v) is 3.72. The summed E-state index contributed by atoms with van der Waals surface area (Å²) in [6, 6.07) is 0. The zero-order valence-electron chi connectivity index (χ0n) is 7.03. The molecule has 0 rings (SSSR count). The van der Waals surface area contributed by atoms with E-state index in [1.54, 1.807) is 0 Å². The number of hydrogen-bond donors (Lipinski definition) is 0. The first kappa shape index (κ1) is 9.25. The molecular formula is C7H17ClN+. The predicted molar refractivity (Wildman–Crippen MR) is 42.8 cm³/mol. The van der Waals surface area contributed by atoms with Gasteiger partial charge in [0.15, 0.2) is 0 Å². The van der Waals surface area contributed by atoms with E-state index in [4.69, 9.17) is 11.6 Å². The molecule has 0 radical (unpaired) electrons. The number of rotatable bonds is 2. The summed E-state index contributed by atoms with van der Waals surface area (Å²) < 4.78 is 0.913. The van der Waals surface area contributed by atoms with Gasteiger partial charge < -0.3 is 4.48 Å². The number of nitrogens with zero attached hydrogens (tertiary/aromatic N) is 1. The highest BCUT2D eigenvalue weighted by molar-refractivity contribution is 6.18. The van der Waals surface area contributed by atoms with Crippen molar-refractivity contribution in [2.75, 3.05) is 27.0 Å². The number of quaternary nitrogens is 1. The molecule has 1 nitrogen and oxygen atoms in total. The van der Waals surface area contributed by atoms with Crippen LogP contribution in [0.2, 0.25) is 0 Å². The molecule has 0 heterocycles. The second kappa shape index (κ2) is 2.47. The Kier molecular flexibility index (Phi) is 2.54. The van der Waals surface area contributed by atoms with Crippen molar-refractivity contribution in [1.82, 2.24) is 0 Å². The van der Waals surface area contributed by atoms with Crippen LogP contribution in [0.4, 0.5) is 0 Å². The molecule has 0 bridgehead atoms. The van der Waals surface area contributed by atoms with Gasteiger partial charge in [-0.15, -0.1) is 11.6 Å². The van der Waals surface area contributed by atoms with E-state index in [1.807, 2.05) is 0 Å². The monoisotopic (exact) mass is 150 g/mol. The van der Waals surface area contributed by atoms with Crippen LogP contribution < -0.4 is 0 Å². The summed E-state index contributed by atoms with van der Waals surface area (Å²) in [5, 5.41) is 0. The molecule has 0 spiro atoms. The molecule has 0 aromatic carbocycles. The van der Waals surface area contributed by atoms with Crippen molar-refractivity contribution in [3.05, 3.63) is 0 Å². The summed E-state index contributed by atoms with van der Waals surface area (Å²) in [6.45, 7) is 4.33. The van der Waals surface area contributed by atoms with E-state index in [2.05, 4.69) is 35.0 Å². The highest BCUT2D eigenvalue weighted by Gasteiger charge is 2.31. The maximum absolute atomic E-state index is 5.76. The Balaban J connectivity index is 4.14. The largest absolute Gasteiger partial charge is 0.326 e. The van der Waals surface area contributed by atoms with Gasteiger partial charge in [0, 0.05) is 0 Å². The van der Waals surface area contributed by atoms with Crippen molar-refractivity contribution < 1.29 is 4.48 Å². The highest BCUT2D eigenvalue weighted by atomic mass is 35.5. The van der Waals surface area contributed by atoms with E-state index in [9.17, 15) is 0 Å². The second-order valence-electron chi connectivity index (χ2n) is 3.96. The first-order valence-electron chi connectivity index (χ1n) is 3.19. The standard InChI is InChI=1S/C7H17ClN/c1-7(2,6-8)9(3,4)5/h6H2,1-5H3/q+1. The third kappa shape index (κ3) is 2.15. The molecule has 0 unspecified atom stereocenters.